The van der Waals surface area contributed by atoms with E-state index in [2.05, 4.69) is 27.8 Å². The molecule has 1 aromatic carbocycles. The summed E-state index contributed by atoms with van der Waals surface area (Å²) in [6.45, 7) is 2.02. The van der Waals surface area contributed by atoms with Crippen LogP contribution in [-0.2, 0) is 16.1 Å². The molecular formula is C19H21N3O2S. The van der Waals surface area contributed by atoms with Crippen molar-refractivity contribution >= 4 is 28.3 Å². The van der Waals surface area contributed by atoms with Crippen LogP contribution in [0.4, 0.5) is 5.13 Å². The van der Waals surface area contributed by atoms with Gasteiger partial charge in [-0.25, -0.2) is 4.98 Å². The molecule has 25 heavy (non-hydrogen) atoms. The third-order valence-electron chi connectivity index (χ3n) is 4.17. The molecule has 1 aliphatic carbocycles. The Morgan fingerprint density at radius 3 is 2.72 bits per heavy atom. The van der Waals surface area contributed by atoms with E-state index in [9.17, 15) is 9.59 Å². The number of anilines is 1. The molecule has 0 fully saturated rings. The van der Waals surface area contributed by atoms with Crippen molar-refractivity contribution in [2.45, 2.75) is 32.7 Å². The largest absolute Gasteiger partial charge is 0.352 e. The van der Waals surface area contributed by atoms with E-state index >= 15 is 0 Å². The number of nitrogens with one attached hydrogen (secondary N) is 2. The highest BCUT2D eigenvalue weighted by Crippen LogP contribution is 2.26. The third kappa shape index (κ3) is 4.76. The average molecular weight is 355 g/mol. The second-order valence-corrected chi connectivity index (χ2v) is 6.97. The lowest BCUT2D eigenvalue weighted by atomic mass is 9.94. The first-order valence-electron chi connectivity index (χ1n) is 8.37. The monoisotopic (exact) mass is 355 g/mol. The zero-order chi connectivity index (χ0) is 17.6. The van der Waals surface area contributed by atoms with Crippen LogP contribution in [0.1, 0.15) is 31.7 Å². The number of hydrogen-bond acceptors (Lipinski definition) is 4. The Balaban J connectivity index is 1.61. The van der Waals surface area contributed by atoms with Gasteiger partial charge in [-0.1, -0.05) is 36.4 Å². The second-order valence-electron chi connectivity index (χ2n) is 6.12. The molecule has 0 saturated heterocycles. The molecule has 0 bridgehead atoms. The van der Waals surface area contributed by atoms with Gasteiger partial charge < -0.3 is 10.6 Å². The van der Waals surface area contributed by atoms with Crippen LogP contribution in [0, 0.1) is 5.92 Å². The van der Waals surface area contributed by atoms with Gasteiger partial charge in [-0.05, 0) is 24.8 Å². The predicted molar refractivity (Wildman–Crippen MR) is 100 cm³/mol. The molecule has 0 unspecified atom stereocenters. The zero-order valence-electron chi connectivity index (χ0n) is 14.1. The first kappa shape index (κ1) is 17.4. The van der Waals surface area contributed by atoms with Crippen molar-refractivity contribution in [1.82, 2.24) is 10.3 Å². The molecule has 0 radical (unpaired) electrons. The summed E-state index contributed by atoms with van der Waals surface area (Å²) in [6, 6.07) is 7.89. The van der Waals surface area contributed by atoms with Crippen LogP contribution in [0.2, 0.25) is 0 Å². The number of benzene rings is 1. The van der Waals surface area contributed by atoms with E-state index in [-0.39, 0.29) is 17.7 Å². The van der Waals surface area contributed by atoms with E-state index in [1.165, 1.54) is 18.3 Å². The summed E-state index contributed by atoms with van der Waals surface area (Å²) in [6.07, 6.45) is 6.87. The van der Waals surface area contributed by atoms with Gasteiger partial charge in [0.1, 0.15) is 0 Å². The molecule has 0 spiro atoms. The van der Waals surface area contributed by atoms with Crippen LogP contribution in [0.3, 0.4) is 0 Å². The van der Waals surface area contributed by atoms with Crippen LogP contribution >= 0.6 is 11.3 Å². The lowest BCUT2D eigenvalue weighted by molar-refractivity contribution is -0.120. The number of rotatable bonds is 5. The highest BCUT2D eigenvalue weighted by atomic mass is 32.1. The number of hydrogen-bond donors (Lipinski definition) is 2. The number of allylic oxidation sites excluding steroid dienone is 2. The van der Waals surface area contributed by atoms with E-state index in [1.807, 2.05) is 29.6 Å². The smallest absolute Gasteiger partial charge is 0.229 e. The van der Waals surface area contributed by atoms with Crippen LogP contribution in [-0.4, -0.2) is 16.8 Å². The van der Waals surface area contributed by atoms with E-state index in [4.69, 9.17) is 0 Å². The summed E-state index contributed by atoms with van der Waals surface area (Å²) in [7, 11) is 0. The molecule has 6 heteroatoms. The number of nitrogens with zero attached hydrogens (tertiary/aromatic N) is 1. The summed E-state index contributed by atoms with van der Waals surface area (Å²) in [5.74, 6) is 0.0544. The van der Waals surface area contributed by atoms with Crippen LogP contribution in [0.25, 0.3) is 11.3 Å². The number of aromatic nitrogens is 1. The molecule has 1 heterocycles. The Hall–Kier alpha value is -2.47. The highest BCUT2D eigenvalue weighted by Gasteiger charge is 2.19. The fourth-order valence-corrected chi connectivity index (χ4v) is 3.45. The highest BCUT2D eigenvalue weighted by molar-refractivity contribution is 7.14. The van der Waals surface area contributed by atoms with Gasteiger partial charge >= 0.3 is 0 Å². The van der Waals surface area contributed by atoms with Crippen molar-refractivity contribution < 1.29 is 9.59 Å². The first-order valence-corrected chi connectivity index (χ1v) is 9.25. The minimum atomic E-state index is -0.0441. The molecule has 1 aromatic heterocycles. The van der Waals surface area contributed by atoms with E-state index in [1.54, 1.807) is 0 Å². The Kier molecular flexibility index (Phi) is 5.60. The normalized spacial score (nSPS) is 16.4. The first-order chi connectivity index (χ1) is 12.1. The van der Waals surface area contributed by atoms with Gasteiger partial charge in [0.05, 0.1) is 5.69 Å². The van der Waals surface area contributed by atoms with Crippen LogP contribution in [0.5, 0.6) is 0 Å². The number of carbonyl (C=O) groups is 2. The Morgan fingerprint density at radius 2 is 2.04 bits per heavy atom. The number of amides is 2. The second kappa shape index (κ2) is 8.07. The van der Waals surface area contributed by atoms with E-state index in [0.717, 1.165) is 36.1 Å². The summed E-state index contributed by atoms with van der Waals surface area (Å²) >= 11 is 1.44. The van der Waals surface area contributed by atoms with Crippen molar-refractivity contribution in [3.63, 3.8) is 0 Å². The lowest BCUT2D eigenvalue weighted by Crippen LogP contribution is -2.23. The van der Waals surface area contributed by atoms with Gasteiger partial charge in [-0.3, -0.25) is 9.59 Å². The number of thiazole rings is 1. The maximum atomic E-state index is 12.3. The summed E-state index contributed by atoms with van der Waals surface area (Å²) in [5, 5.41) is 8.29. The van der Waals surface area contributed by atoms with Crippen LogP contribution < -0.4 is 10.6 Å². The standard InChI is InChI=1S/C19H21N3O2S/c1-13(23)20-11-14-7-9-15(10-8-14)17-12-25-19(21-17)22-18(24)16-5-3-2-4-6-16/h2-3,7-10,12,16H,4-6,11H2,1H3,(H,20,23)(H,21,22,24)/t16-/m1/s1. The van der Waals surface area contributed by atoms with Crippen molar-refractivity contribution in [3.8, 4) is 11.3 Å². The summed E-state index contributed by atoms with van der Waals surface area (Å²) in [4.78, 5) is 27.7. The van der Waals surface area contributed by atoms with E-state index < -0.39 is 0 Å². The van der Waals surface area contributed by atoms with Gasteiger partial charge in [0, 0.05) is 30.3 Å². The van der Waals surface area contributed by atoms with Gasteiger partial charge in [-0.15, -0.1) is 11.3 Å². The van der Waals surface area contributed by atoms with Gasteiger partial charge in [0.25, 0.3) is 0 Å². The van der Waals surface area contributed by atoms with E-state index in [0.29, 0.717) is 11.7 Å². The molecule has 0 aliphatic heterocycles. The molecule has 130 valence electrons. The molecule has 2 amide bonds. The SMILES string of the molecule is CC(=O)NCc1ccc(-c2csc(NC(=O)[C@@H]3CC=CCC3)n2)cc1. The van der Waals surface area contributed by atoms with Crippen molar-refractivity contribution in [1.29, 1.82) is 0 Å². The van der Waals surface area contributed by atoms with Gasteiger partial charge in [-0.2, -0.15) is 0 Å². The molecule has 3 rings (SSSR count). The Morgan fingerprint density at radius 1 is 1.24 bits per heavy atom. The van der Waals surface area contributed by atoms with Crippen molar-refractivity contribution in [2.75, 3.05) is 5.32 Å². The van der Waals surface area contributed by atoms with Crippen molar-refractivity contribution in [3.05, 3.63) is 47.4 Å². The predicted octanol–water partition coefficient (Wildman–Crippen LogP) is 3.74. The summed E-state index contributed by atoms with van der Waals surface area (Å²) < 4.78 is 0. The van der Waals surface area contributed by atoms with Crippen LogP contribution in [0.15, 0.2) is 41.8 Å². The van der Waals surface area contributed by atoms with Gasteiger partial charge in [0.15, 0.2) is 5.13 Å². The Bertz CT molecular complexity index is 780. The Labute approximate surface area is 151 Å². The topological polar surface area (TPSA) is 71.1 Å². The fourth-order valence-electron chi connectivity index (χ4n) is 2.72. The quantitative estimate of drug-likeness (QED) is 0.803. The molecule has 1 atom stereocenters. The summed E-state index contributed by atoms with van der Waals surface area (Å²) in [5.41, 5.74) is 2.87. The third-order valence-corrected chi connectivity index (χ3v) is 4.92. The molecule has 0 saturated carbocycles. The molecular weight excluding hydrogens is 334 g/mol. The molecule has 5 nitrogen and oxygen atoms in total. The number of carbonyl (C=O) groups excluding carboxylic acids is 2. The lowest BCUT2D eigenvalue weighted by Gasteiger charge is -2.15. The van der Waals surface area contributed by atoms with Gasteiger partial charge in [0.2, 0.25) is 11.8 Å². The minimum Gasteiger partial charge on any atom is -0.352 e. The molecule has 2 N–H and O–H groups in total. The minimum absolute atomic E-state index is 0.0441. The maximum Gasteiger partial charge on any atom is 0.229 e. The molecule has 1 aliphatic rings. The zero-order valence-corrected chi connectivity index (χ0v) is 14.9. The molecule has 2 aromatic rings. The maximum absolute atomic E-state index is 12.3. The average Bonchev–Trinajstić information content (AvgIpc) is 3.09. The van der Waals surface area contributed by atoms with Crippen molar-refractivity contribution in [2.24, 2.45) is 5.92 Å². The fraction of sp³-hybridized carbons (Fsp3) is 0.316.